The number of hydrogen-bond donors (Lipinski definition) is 2. The Morgan fingerprint density at radius 1 is 1.00 bits per heavy atom. The summed E-state index contributed by atoms with van der Waals surface area (Å²) in [5.74, 6) is 3.87. The number of H-pyrrole nitrogens is 2. The van der Waals surface area contributed by atoms with Gasteiger partial charge in [0.05, 0.1) is 9.90 Å². The summed E-state index contributed by atoms with van der Waals surface area (Å²) in [6.07, 6.45) is 7.17. The van der Waals surface area contributed by atoms with Crippen molar-refractivity contribution in [3.63, 3.8) is 0 Å². The Morgan fingerprint density at radius 3 is 1.77 bits per heavy atom. The summed E-state index contributed by atoms with van der Waals surface area (Å²) in [6.45, 7) is 0. The first-order valence-electron chi connectivity index (χ1n) is 6.74. The normalized spacial score (nSPS) is 14.5. The maximum atomic E-state index is 8.44. The fourth-order valence-corrected chi connectivity index (χ4v) is 2.98. The molecule has 0 spiro atoms. The van der Waals surface area contributed by atoms with Crippen LogP contribution in [-0.4, -0.2) is 24.5 Å². The molecule has 13 heteroatoms. The first kappa shape index (κ1) is 30.7. The largest absolute Gasteiger partial charge is 1.00 e. The van der Waals surface area contributed by atoms with Gasteiger partial charge < -0.3 is 22.9 Å². The molecule has 7 nitrogen and oxygen atoms in total. The molecule has 26 heavy (non-hydrogen) atoms. The molecule has 2 fully saturated rings. The van der Waals surface area contributed by atoms with Gasteiger partial charge in [0.1, 0.15) is 19.1 Å². The molecule has 136 valence electrons. The summed E-state index contributed by atoms with van der Waals surface area (Å²) in [4.78, 5) is 15.1. The van der Waals surface area contributed by atoms with Gasteiger partial charge in [0.2, 0.25) is 0 Å². The maximum Gasteiger partial charge on any atom is 1.00 e. The first-order chi connectivity index (χ1) is 10.9. The van der Waals surface area contributed by atoms with Crippen molar-refractivity contribution in [1.29, 1.82) is 0 Å². The van der Waals surface area contributed by atoms with Crippen LogP contribution < -0.4 is 59.1 Å². The van der Waals surface area contributed by atoms with E-state index in [0.29, 0.717) is 0 Å². The van der Waals surface area contributed by atoms with E-state index in [1.165, 1.54) is 41.0 Å². The third-order valence-corrected chi connectivity index (χ3v) is 6.27. The zero-order valence-electron chi connectivity index (χ0n) is 13.7. The van der Waals surface area contributed by atoms with Crippen molar-refractivity contribution in [1.82, 2.24) is 19.9 Å². The van der Waals surface area contributed by atoms with E-state index in [1.807, 2.05) is 6.20 Å². The first-order valence-corrected chi connectivity index (χ1v) is 11.0. The predicted molar refractivity (Wildman–Crippen MR) is 116 cm³/mol. The van der Waals surface area contributed by atoms with Crippen LogP contribution in [0.3, 0.4) is 0 Å². The third-order valence-electron chi connectivity index (χ3n) is 3.13. The molecule has 2 saturated carbocycles. The second kappa shape index (κ2) is 15.3. The minimum absolute atomic E-state index is 0. The van der Waals surface area contributed by atoms with Crippen LogP contribution in [0.5, 0.6) is 0 Å². The van der Waals surface area contributed by atoms with Crippen LogP contribution in [0, 0.1) is 11.1 Å². The van der Waals surface area contributed by atoms with Crippen LogP contribution in [0.25, 0.3) is 0 Å². The Hall–Kier alpha value is 2.52. The summed E-state index contributed by atoms with van der Waals surface area (Å²) in [5, 5.41) is 0. The summed E-state index contributed by atoms with van der Waals surface area (Å²) in [7, 11) is -3.11. The molecule has 0 radical (unpaired) electrons. The molecule has 0 atom stereocenters. The Morgan fingerprint density at radius 2 is 1.46 bits per heavy atom. The summed E-state index contributed by atoms with van der Waals surface area (Å²) < 4.78 is 28.8. The standard InChI is InChI=1S/C6H6I2N2.C6H7IN2.CH4.2Na.O3S/c7-4-5(8)10-6(9-4)3-1-2-3;7-5-3-8-6(9-5)4-1-2-4;;;;1-4(2)3/h3H,1-2H2,(H,9,10);3-4H,1-2H2,(H,8,9);1H4;;;/q;;;2*+1;-2. The fourth-order valence-electron chi connectivity index (χ4n) is 1.77. The van der Waals surface area contributed by atoms with Crippen LogP contribution in [0.15, 0.2) is 6.20 Å². The average molecular weight is 736 g/mol. The molecule has 4 rings (SSSR count). The average Bonchev–Trinajstić information content (AvgIpc) is 3.38. The summed E-state index contributed by atoms with van der Waals surface area (Å²) in [5.41, 5.74) is 0. The van der Waals surface area contributed by atoms with Crippen molar-refractivity contribution < 1.29 is 72.1 Å². The number of aromatic amines is 2. The van der Waals surface area contributed by atoms with Crippen molar-refractivity contribution in [2.24, 2.45) is 0 Å². The summed E-state index contributed by atoms with van der Waals surface area (Å²) in [6, 6.07) is 0. The van der Waals surface area contributed by atoms with Crippen molar-refractivity contribution in [3.8, 4) is 0 Å². The van der Waals surface area contributed by atoms with Crippen LogP contribution in [0.1, 0.15) is 56.6 Å². The Bertz CT molecular complexity index is 707. The molecular formula is C13H17I3N4Na2O3S. The molecule has 0 unspecified atom stereocenters. The van der Waals surface area contributed by atoms with Gasteiger partial charge in [-0.1, -0.05) is 7.43 Å². The Kier molecular flexibility index (Phi) is 18.1. The molecule has 2 heterocycles. The van der Waals surface area contributed by atoms with Gasteiger partial charge in [-0.25, -0.2) is 9.97 Å². The van der Waals surface area contributed by atoms with Gasteiger partial charge in [0.15, 0.2) is 0 Å². The molecule has 0 aliphatic heterocycles. The van der Waals surface area contributed by atoms with Crippen molar-refractivity contribution in [2.75, 3.05) is 0 Å². The van der Waals surface area contributed by atoms with Gasteiger partial charge in [-0.3, -0.25) is 0 Å². The van der Waals surface area contributed by atoms with Gasteiger partial charge in [0.25, 0.3) is 0 Å². The number of halogens is 3. The van der Waals surface area contributed by atoms with E-state index in [9.17, 15) is 0 Å². The van der Waals surface area contributed by atoms with E-state index in [4.69, 9.17) is 13.0 Å². The fraction of sp³-hybridized carbons (Fsp3) is 0.538. The second-order valence-electron chi connectivity index (χ2n) is 5.10. The van der Waals surface area contributed by atoms with Gasteiger partial charge in [0, 0.05) is 11.8 Å². The topological polar surface area (TPSA) is 115 Å². The van der Waals surface area contributed by atoms with Crippen LogP contribution >= 0.6 is 67.8 Å². The molecule has 0 saturated heterocycles. The van der Waals surface area contributed by atoms with E-state index in [-0.39, 0.29) is 66.5 Å². The second-order valence-corrected chi connectivity index (χ2v) is 8.77. The molecule has 2 aromatic heterocycles. The van der Waals surface area contributed by atoms with Crippen molar-refractivity contribution in [3.05, 3.63) is 28.9 Å². The molecule has 0 aromatic carbocycles. The van der Waals surface area contributed by atoms with Gasteiger partial charge in [-0.2, -0.15) is 11.0 Å². The smallest absolute Gasteiger partial charge is 0.917 e. The third kappa shape index (κ3) is 12.3. The number of imidazole rings is 2. The minimum Gasteiger partial charge on any atom is -0.917 e. The van der Waals surface area contributed by atoms with Gasteiger partial charge in [-0.05, 0) is 93.5 Å². The number of rotatable bonds is 2. The summed E-state index contributed by atoms with van der Waals surface area (Å²) >= 11 is 6.78. The molecular weight excluding hydrogens is 719 g/mol. The van der Waals surface area contributed by atoms with E-state index in [0.717, 1.165) is 19.2 Å². The van der Waals surface area contributed by atoms with E-state index in [1.54, 1.807) is 0 Å². The van der Waals surface area contributed by atoms with E-state index in [2.05, 4.69) is 87.7 Å². The number of hydrogen-bond acceptors (Lipinski definition) is 6. The Balaban J connectivity index is 0. The molecule has 2 aliphatic rings. The molecule has 0 amide bonds. The Labute approximate surface area is 240 Å². The SMILES string of the molecule is C.Ic1cnc(C2CC2)[nH]1.Ic1nc(C2CC2)[nH]c1I.O=[S-](=O)[O-].[Na+].[Na+]. The van der Waals surface area contributed by atoms with Crippen molar-refractivity contribution in [2.45, 2.75) is 44.9 Å². The monoisotopic (exact) mass is 736 g/mol. The van der Waals surface area contributed by atoms with Crippen LogP contribution in [-0.2, 0) is 19.4 Å². The van der Waals surface area contributed by atoms with E-state index >= 15 is 0 Å². The maximum absolute atomic E-state index is 8.44. The number of nitrogens with zero attached hydrogens (tertiary/aromatic N) is 2. The van der Waals surface area contributed by atoms with Gasteiger partial charge >= 0.3 is 59.1 Å². The van der Waals surface area contributed by atoms with Gasteiger partial charge in [-0.15, -0.1) is 0 Å². The predicted octanol–water partition coefficient (Wildman–Crippen LogP) is -1.54. The number of aromatic nitrogens is 4. The molecule has 2 aliphatic carbocycles. The number of nitrogens with one attached hydrogen (secondary N) is 2. The van der Waals surface area contributed by atoms with E-state index < -0.39 is 11.0 Å². The quantitative estimate of drug-likeness (QED) is 0.128. The molecule has 2 N–H and O–H groups in total. The molecule has 0 bridgehead atoms. The zero-order valence-corrected chi connectivity index (χ0v) is 25.0. The minimum atomic E-state index is -3.11. The zero-order chi connectivity index (χ0) is 17.0. The molecule has 2 aromatic rings. The van der Waals surface area contributed by atoms with Crippen LogP contribution in [0.4, 0.5) is 0 Å². The van der Waals surface area contributed by atoms with Crippen LogP contribution in [0.2, 0.25) is 0 Å². The van der Waals surface area contributed by atoms with Crippen molar-refractivity contribution >= 4 is 78.8 Å².